The first-order valence-electron chi connectivity index (χ1n) is 14.3. The highest BCUT2D eigenvalue weighted by Gasteiger charge is 2.32. The van der Waals surface area contributed by atoms with Crippen molar-refractivity contribution >= 4 is 45.8 Å². The molecule has 6 rings (SSSR count). The molecule has 5 aromatic rings. The summed E-state index contributed by atoms with van der Waals surface area (Å²) in [6, 6.07) is 26.4. The topological polar surface area (TPSA) is 92.6 Å². The molecule has 0 saturated carbocycles. The molecule has 2 heterocycles. The maximum atomic E-state index is 14.6. The number of benzene rings is 4. The summed E-state index contributed by atoms with van der Waals surface area (Å²) < 4.78 is 21.5. The normalized spacial score (nSPS) is 13.9. The first-order valence-corrected chi connectivity index (χ1v) is 14.6. The number of morpholine rings is 1. The second-order valence-corrected chi connectivity index (χ2v) is 10.9. The Hall–Kier alpha value is -4.80. The van der Waals surface area contributed by atoms with E-state index >= 15 is 0 Å². The predicted molar refractivity (Wildman–Crippen MR) is 167 cm³/mol. The number of nitrogens with zero attached hydrogens (tertiary/aromatic N) is 5. The number of halogens is 2. The van der Waals surface area contributed by atoms with E-state index in [1.165, 1.54) is 27.8 Å². The van der Waals surface area contributed by atoms with Gasteiger partial charge in [0.25, 0.3) is 5.91 Å². The lowest BCUT2D eigenvalue weighted by Crippen LogP contribution is -2.42. The van der Waals surface area contributed by atoms with Crippen LogP contribution in [0.3, 0.4) is 0 Å². The van der Waals surface area contributed by atoms with E-state index in [0.717, 1.165) is 24.3 Å². The number of nitrogens with one attached hydrogen (secondary N) is 1. The molecule has 11 heteroatoms. The minimum atomic E-state index is -1.16. The minimum absolute atomic E-state index is 0.0627. The molecule has 44 heavy (non-hydrogen) atoms. The van der Waals surface area contributed by atoms with Crippen LogP contribution in [0.2, 0.25) is 5.02 Å². The zero-order valence-electron chi connectivity index (χ0n) is 23.8. The number of fused-ring (bicyclic) bond motifs is 1. The number of hydrogen-bond donors (Lipinski definition) is 1. The van der Waals surface area contributed by atoms with Crippen molar-refractivity contribution in [2.45, 2.75) is 19.1 Å². The van der Waals surface area contributed by atoms with Crippen LogP contribution in [0.1, 0.15) is 17.2 Å². The van der Waals surface area contributed by atoms with E-state index in [1.807, 2.05) is 48.5 Å². The van der Waals surface area contributed by atoms with Gasteiger partial charge in [0.1, 0.15) is 23.9 Å². The molecule has 1 aliphatic heterocycles. The second kappa shape index (κ2) is 13.2. The van der Waals surface area contributed by atoms with Crippen LogP contribution >= 0.6 is 11.6 Å². The Morgan fingerprint density at radius 3 is 2.45 bits per heavy atom. The number of anilines is 2. The van der Waals surface area contributed by atoms with Crippen LogP contribution < -0.4 is 10.2 Å². The van der Waals surface area contributed by atoms with Gasteiger partial charge in [0.15, 0.2) is 0 Å². The molecule has 1 saturated heterocycles. The molecule has 1 aromatic heterocycles. The predicted octanol–water partition coefficient (Wildman–Crippen LogP) is 5.47. The first-order chi connectivity index (χ1) is 21.4. The van der Waals surface area contributed by atoms with Crippen molar-refractivity contribution in [2.24, 2.45) is 0 Å². The summed E-state index contributed by atoms with van der Waals surface area (Å²) in [5, 5.41) is 11.8. The molecule has 1 N–H and O–H groups in total. The van der Waals surface area contributed by atoms with E-state index in [-0.39, 0.29) is 13.1 Å². The van der Waals surface area contributed by atoms with Crippen LogP contribution in [0.15, 0.2) is 97.1 Å². The Morgan fingerprint density at radius 2 is 1.70 bits per heavy atom. The molecule has 0 spiro atoms. The van der Waals surface area contributed by atoms with Crippen LogP contribution in [-0.2, 0) is 27.4 Å². The molecule has 0 bridgehead atoms. The van der Waals surface area contributed by atoms with Crippen LogP contribution in [-0.4, -0.2) is 58.0 Å². The third-order valence-electron chi connectivity index (χ3n) is 7.53. The van der Waals surface area contributed by atoms with Gasteiger partial charge in [0.2, 0.25) is 5.91 Å². The number of aromatic nitrogens is 3. The highest BCUT2D eigenvalue weighted by Crippen LogP contribution is 2.28. The van der Waals surface area contributed by atoms with Gasteiger partial charge in [-0.05, 0) is 71.8 Å². The smallest absolute Gasteiger partial charge is 0.251 e. The quantitative estimate of drug-likeness (QED) is 0.237. The third-order valence-corrected chi connectivity index (χ3v) is 7.78. The molecular formula is C33H30ClFN6O3. The molecule has 1 aliphatic rings. The fraction of sp³-hybridized carbons (Fsp3) is 0.212. The van der Waals surface area contributed by atoms with Gasteiger partial charge in [-0.1, -0.05) is 53.2 Å². The molecule has 0 unspecified atom stereocenters. The van der Waals surface area contributed by atoms with Crippen LogP contribution in [0.5, 0.6) is 0 Å². The number of ether oxygens (including phenoxy) is 1. The average Bonchev–Trinajstić information content (AvgIpc) is 3.45. The van der Waals surface area contributed by atoms with Crippen molar-refractivity contribution in [3.05, 3.63) is 119 Å². The fourth-order valence-corrected chi connectivity index (χ4v) is 5.43. The van der Waals surface area contributed by atoms with E-state index in [2.05, 4.69) is 20.5 Å². The average molecular weight is 613 g/mol. The summed E-state index contributed by atoms with van der Waals surface area (Å²) in [7, 11) is 0. The van der Waals surface area contributed by atoms with Crippen molar-refractivity contribution in [1.29, 1.82) is 0 Å². The lowest BCUT2D eigenvalue weighted by Gasteiger charge is -2.32. The Balaban J connectivity index is 1.33. The summed E-state index contributed by atoms with van der Waals surface area (Å²) in [5.74, 6) is -1.40. The second-order valence-electron chi connectivity index (χ2n) is 10.5. The molecule has 2 amide bonds. The Labute approximate surface area is 258 Å². The highest BCUT2D eigenvalue weighted by atomic mass is 35.5. The Morgan fingerprint density at radius 1 is 0.955 bits per heavy atom. The van der Waals surface area contributed by atoms with E-state index in [1.54, 1.807) is 30.3 Å². The van der Waals surface area contributed by atoms with Crippen LogP contribution in [0, 0.1) is 5.82 Å². The van der Waals surface area contributed by atoms with Gasteiger partial charge in [0, 0.05) is 36.0 Å². The van der Waals surface area contributed by atoms with Crippen molar-refractivity contribution in [3.8, 4) is 0 Å². The maximum absolute atomic E-state index is 14.6. The Bertz CT molecular complexity index is 1760. The van der Waals surface area contributed by atoms with E-state index in [0.29, 0.717) is 40.5 Å². The van der Waals surface area contributed by atoms with Gasteiger partial charge < -0.3 is 19.9 Å². The van der Waals surface area contributed by atoms with Crippen molar-refractivity contribution < 1.29 is 18.7 Å². The third kappa shape index (κ3) is 6.72. The SMILES string of the molecule is O=C(Nc1ccc(N2CCOCC2)cc1)[C@H](c1cccc(F)c1)N(Cc1ccc(Cl)cc1)C(=O)Cn1nnc2ccccc21. The van der Waals surface area contributed by atoms with Gasteiger partial charge in [-0.15, -0.1) is 5.10 Å². The largest absolute Gasteiger partial charge is 0.378 e. The molecule has 0 radical (unpaired) electrons. The number of rotatable bonds is 9. The lowest BCUT2D eigenvalue weighted by molar-refractivity contribution is -0.140. The summed E-state index contributed by atoms with van der Waals surface area (Å²) in [6.45, 7) is 2.78. The van der Waals surface area contributed by atoms with Gasteiger partial charge in [-0.25, -0.2) is 9.07 Å². The molecule has 1 atom stereocenters. The maximum Gasteiger partial charge on any atom is 0.251 e. The van der Waals surface area contributed by atoms with E-state index in [4.69, 9.17) is 16.3 Å². The minimum Gasteiger partial charge on any atom is -0.378 e. The van der Waals surface area contributed by atoms with Crippen molar-refractivity contribution in [2.75, 3.05) is 36.5 Å². The van der Waals surface area contributed by atoms with E-state index < -0.39 is 23.7 Å². The molecule has 9 nitrogen and oxygen atoms in total. The Kier molecular flexibility index (Phi) is 8.81. The molecule has 0 aliphatic carbocycles. The summed E-state index contributed by atoms with van der Waals surface area (Å²) in [4.78, 5) is 31.9. The lowest BCUT2D eigenvalue weighted by atomic mass is 10.0. The molecule has 224 valence electrons. The highest BCUT2D eigenvalue weighted by molar-refractivity contribution is 6.30. The van der Waals surface area contributed by atoms with Crippen LogP contribution in [0.25, 0.3) is 11.0 Å². The van der Waals surface area contributed by atoms with Gasteiger partial charge in [0.05, 0.1) is 18.7 Å². The van der Waals surface area contributed by atoms with Gasteiger partial charge in [-0.3, -0.25) is 9.59 Å². The summed E-state index contributed by atoms with van der Waals surface area (Å²) in [5.41, 5.74) is 3.97. The summed E-state index contributed by atoms with van der Waals surface area (Å²) >= 11 is 6.12. The standard InChI is InChI=1S/C33H30ClFN6O3/c34-25-10-8-23(9-11-25)21-40(31(42)22-41-30-7-2-1-6-29(30)37-38-41)32(24-4-3-5-26(35)20-24)33(43)36-27-12-14-28(15-13-27)39-16-18-44-19-17-39/h1-15,20,32H,16-19,21-22H2,(H,36,43)/t32-/m0/s1. The fourth-order valence-electron chi connectivity index (χ4n) is 5.30. The van der Waals surface area contributed by atoms with Crippen molar-refractivity contribution in [3.63, 3.8) is 0 Å². The first kappa shape index (κ1) is 29.3. The number of hydrogen-bond acceptors (Lipinski definition) is 6. The number of carbonyl (C=O) groups is 2. The monoisotopic (exact) mass is 612 g/mol. The zero-order chi connectivity index (χ0) is 30.5. The number of para-hydroxylation sites is 1. The number of amides is 2. The van der Waals surface area contributed by atoms with Crippen molar-refractivity contribution in [1.82, 2.24) is 19.9 Å². The van der Waals surface area contributed by atoms with Crippen LogP contribution in [0.4, 0.5) is 15.8 Å². The van der Waals surface area contributed by atoms with Gasteiger partial charge >= 0.3 is 0 Å². The number of carbonyl (C=O) groups excluding carboxylic acids is 2. The zero-order valence-corrected chi connectivity index (χ0v) is 24.5. The molecule has 4 aromatic carbocycles. The van der Waals surface area contributed by atoms with E-state index in [9.17, 15) is 14.0 Å². The molecular weight excluding hydrogens is 583 g/mol. The summed E-state index contributed by atoms with van der Waals surface area (Å²) in [6.07, 6.45) is 0. The molecule has 1 fully saturated rings. The van der Waals surface area contributed by atoms with Gasteiger partial charge in [-0.2, -0.15) is 0 Å².